The largest absolute Gasteiger partial charge is 0.453 e. The van der Waals surface area contributed by atoms with Crippen LogP contribution in [0.2, 0.25) is 0 Å². The van der Waals surface area contributed by atoms with Gasteiger partial charge in [-0.05, 0) is 116 Å². The molecule has 2 fully saturated rings. The normalized spacial score (nSPS) is 18.8. The summed E-state index contributed by atoms with van der Waals surface area (Å²) in [5, 5.41) is 2.09. The van der Waals surface area contributed by atoms with Gasteiger partial charge in [-0.25, -0.2) is 0 Å². The van der Waals surface area contributed by atoms with Crippen LogP contribution in [0.1, 0.15) is 247 Å². The minimum Gasteiger partial charge on any atom is -0.426 e. The molecule has 396 valence electrons. The summed E-state index contributed by atoms with van der Waals surface area (Å²) in [4.78, 5) is 0. The van der Waals surface area contributed by atoms with E-state index >= 15 is 0 Å². The first-order valence-electron chi connectivity index (χ1n) is 27.0. The average Bonchev–Trinajstić information content (AvgIpc) is 3.53. The standard InChI is InChI=1S/C64H94O6P2/c1-37-43(59(9,10)11)35-47(63(21,22)23)55(69-71-65-49-29-27-28-30-50(49)66-71)51(37)52-38(2)44(60(12,13)14)36-48(64(24,25)26)56(52)70-72-67-53-41(31-39(57(3,4)5)33-45(53)61(15,16)17)42-32-40(58(6,7)8)34-46(54(42)68-72)62(18,19)20/h31-36,49-50H,27-30H2,1-26H3. The Morgan fingerprint density at radius 2 is 0.708 bits per heavy atom. The smallest absolute Gasteiger partial charge is 0.426 e. The number of benzene rings is 4. The quantitative estimate of drug-likeness (QED) is 0.164. The molecule has 7 rings (SSSR count). The minimum atomic E-state index is -2.16. The van der Waals surface area contributed by atoms with Gasteiger partial charge in [0.25, 0.3) is 0 Å². The van der Waals surface area contributed by atoms with Gasteiger partial charge in [0.1, 0.15) is 22.7 Å². The van der Waals surface area contributed by atoms with Gasteiger partial charge < -0.3 is 17.4 Å². The monoisotopic (exact) mass is 1020 g/mol. The maximum Gasteiger partial charge on any atom is 0.453 e. The van der Waals surface area contributed by atoms with Crippen molar-refractivity contribution in [3.05, 3.63) is 92.0 Å². The molecule has 5 aromatic rings. The van der Waals surface area contributed by atoms with Gasteiger partial charge in [-0.15, -0.1) is 0 Å². The molecule has 1 saturated carbocycles. The van der Waals surface area contributed by atoms with E-state index in [2.05, 4.69) is 216 Å². The molecule has 72 heavy (non-hydrogen) atoms. The predicted octanol–water partition coefficient (Wildman–Crippen LogP) is 20.8. The molecule has 2 heterocycles. The van der Waals surface area contributed by atoms with E-state index < -0.39 is 16.8 Å². The Bertz CT molecular complexity index is 2810. The first kappa shape index (κ1) is 56.5. The first-order chi connectivity index (χ1) is 32.6. The van der Waals surface area contributed by atoms with Gasteiger partial charge in [-0.1, -0.05) is 203 Å². The summed E-state index contributed by atoms with van der Waals surface area (Å²) in [6, 6.07) is 14.3. The lowest BCUT2D eigenvalue weighted by molar-refractivity contribution is 0.110. The fourth-order valence-electron chi connectivity index (χ4n) is 10.8. The molecule has 1 aromatic heterocycles. The number of hydrogen-bond donors (Lipinski definition) is 0. The van der Waals surface area contributed by atoms with Gasteiger partial charge >= 0.3 is 16.8 Å². The van der Waals surface area contributed by atoms with E-state index in [4.69, 9.17) is 26.5 Å². The third-order valence-electron chi connectivity index (χ3n) is 15.1. The highest BCUT2D eigenvalue weighted by molar-refractivity contribution is 7.42. The zero-order valence-electron chi connectivity index (χ0n) is 49.8. The molecule has 4 aromatic carbocycles. The fourth-order valence-corrected chi connectivity index (χ4v) is 13.3. The van der Waals surface area contributed by atoms with Crippen molar-refractivity contribution >= 4 is 38.8 Å². The van der Waals surface area contributed by atoms with Crippen LogP contribution in [0.15, 0.2) is 44.8 Å². The Hall–Kier alpha value is -3.27. The molecule has 6 nitrogen and oxygen atoms in total. The van der Waals surface area contributed by atoms with E-state index in [1.807, 2.05) is 0 Å². The maximum atomic E-state index is 7.89. The summed E-state index contributed by atoms with van der Waals surface area (Å²) in [6.45, 7) is 59.8. The van der Waals surface area contributed by atoms with Crippen LogP contribution < -0.4 is 9.05 Å². The van der Waals surface area contributed by atoms with Crippen molar-refractivity contribution in [3.8, 4) is 22.6 Å². The Labute approximate surface area is 439 Å². The molecule has 2 unspecified atom stereocenters. The van der Waals surface area contributed by atoms with Gasteiger partial charge in [-0.3, -0.25) is 9.05 Å². The van der Waals surface area contributed by atoms with Crippen molar-refractivity contribution in [2.24, 2.45) is 0 Å². The van der Waals surface area contributed by atoms with E-state index in [0.717, 1.165) is 104 Å². The highest BCUT2D eigenvalue weighted by Gasteiger charge is 2.43. The summed E-state index contributed by atoms with van der Waals surface area (Å²) in [7, 11) is -3.85. The second-order valence-corrected chi connectivity index (χ2v) is 31.8. The van der Waals surface area contributed by atoms with Crippen LogP contribution in [-0.4, -0.2) is 12.2 Å². The van der Waals surface area contributed by atoms with Gasteiger partial charge in [0.2, 0.25) is 0 Å². The summed E-state index contributed by atoms with van der Waals surface area (Å²) in [5.74, 6) is 1.56. The van der Waals surface area contributed by atoms with Crippen LogP contribution >= 0.6 is 16.8 Å². The van der Waals surface area contributed by atoms with E-state index in [9.17, 15) is 0 Å². The van der Waals surface area contributed by atoms with Crippen molar-refractivity contribution < 1.29 is 26.5 Å². The average molecular weight is 1020 g/mol. The highest BCUT2D eigenvalue weighted by Crippen LogP contribution is 2.60. The molecule has 1 aliphatic heterocycles. The Morgan fingerprint density at radius 3 is 1.01 bits per heavy atom. The van der Waals surface area contributed by atoms with Crippen molar-refractivity contribution in [1.82, 2.24) is 0 Å². The number of rotatable bonds is 5. The first-order valence-corrected chi connectivity index (χ1v) is 29.2. The summed E-state index contributed by atoms with van der Waals surface area (Å²) in [6.07, 6.45) is 4.37. The lowest BCUT2D eigenvalue weighted by atomic mass is 9.72. The van der Waals surface area contributed by atoms with Crippen LogP contribution in [-0.2, 0) is 52.4 Å². The molecule has 0 radical (unpaired) electrons. The molecule has 0 spiro atoms. The van der Waals surface area contributed by atoms with Crippen LogP contribution in [0.25, 0.3) is 33.1 Å². The van der Waals surface area contributed by atoms with E-state index in [-0.39, 0.29) is 55.5 Å². The summed E-state index contributed by atoms with van der Waals surface area (Å²) < 4.78 is 44.0. The molecule has 1 saturated heterocycles. The lowest BCUT2D eigenvalue weighted by Crippen LogP contribution is -2.25. The predicted molar refractivity (Wildman–Crippen MR) is 309 cm³/mol. The zero-order chi connectivity index (χ0) is 54.0. The molecular weight excluding hydrogens is 927 g/mol. The van der Waals surface area contributed by atoms with Crippen LogP contribution in [0.3, 0.4) is 0 Å². The molecule has 2 atom stereocenters. The van der Waals surface area contributed by atoms with E-state index in [0.29, 0.717) is 0 Å². The molecule has 8 heteroatoms. The van der Waals surface area contributed by atoms with Crippen molar-refractivity contribution in [2.45, 2.75) is 261 Å². The summed E-state index contributed by atoms with van der Waals surface area (Å²) >= 11 is 0. The number of hydrogen-bond acceptors (Lipinski definition) is 6. The highest BCUT2D eigenvalue weighted by atomic mass is 31.2. The van der Waals surface area contributed by atoms with Crippen LogP contribution in [0.4, 0.5) is 0 Å². The summed E-state index contributed by atoms with van der Waals surface area (Å²) in [5.41, 5.74) is 13.5. The van der Waals surface area contributed by atoms with E-state index in [1.165, 1.54) is 22.3 Å². The Balaban J connectivity index is 1.72. The third kappa shape index (κ3) is 11.3. The molecular formula is C64H94O6P2. The molecule has 0 N–H and O–H groups in total. The second kappa shape index (κ2) is 18.8. The van der Waals surface area contributed by atoms with E-state index in [1.54, 1.807) is 0 Å². The SMILES string of the molecule is Cc1c(C(C)(C)C)cc(C(C)(C)C)c(OP2OC3CCCCC3O2)c1-c1c(C)c(C(C)(C)C)cc(C(C)(C)C)c1Op1oc2c(C(C)(C)C)cc(C(C)(C)C)cc2c2cc(C(C)(C)C)cc(C(C)(C)C)c2o1. The van der Waals surface area contributed by atoms with Gasteiger partial charge in [-0.2, -0.15) is 0 Å². The topological polar surface area (TPSA) is 63.2 Å². The van der Waals surface area contributed by atoms with Crippen molar-refractivity contribution in [1.29, 1.82) is 0 Å². The zero-order valence-corrected chi connectivity index (χ0v) is 51.6. The molecule has 0 amide bonds. The van der Waals surface area contributed by atoms with Crippen LogP contribution in [0.5, 0.6) is 11.5 Å². The Morgan fingerprint density at radius 1 is 0.389 bits per heavy atom. The lowest BCUT2D eigenvalue weighted by Gasteiger charge is -2.35. The Kier molecular flexibility index (Phi) is 14.7. The van der Waals surface area contributed by atoms with Gasteiger partial charge in [0.05, 0.1) is 12.2 Å². The molecule has 1 aliphatic carbocycles. The third-order valence-corrected chi connectivity index (χ3v) is 17.3. The number of fused-ring (bicyclic) bond motifs is 4. The molecule has 2 aliphatic rings. The van der Waals surface area contributed by atoms with Crippen molar-refractivity contribution in [3.63, 3.8) is 0 Å². The van der Waals surface area contributed by atoms with Crippen molar-refractivity contribution in [2.75, 3.05) is 0 Å². The second-order valence-electron chi connectivity index (χ2n) is 29.8. The molecule has 0 bridgehead atoms. The minimum absolute atomic E-state index is 0.0479. The van der Waals surface area contributed by atoms with Gasteiger partial charge in [0, 0.05) is 44.2 Å². The maximum absolute atomic E-state index is 7.89. The fraction of sp³-hybridized carbons (Fsp3) is 0.625. The van der Waals surface area contributed by atoms with Gasteiger partial charge in [0.15, 0.2) is 0 Å². The van der Waals surface area contributed by atoms with Crippen LogP contribution in [0, 0.1) is 13.8 Å².